The van der Waals surface area contributed by atoms with Crippen molar-refractivity contribution in [3.63, 3.8) is 0 Å². The number of amides is 2. The SMILES string of the molecule is CC[C@@H](C(=O)N1CCCN(c2ccc(NS(=O)(=O)c3ccc(C)cc3)cc2C(=O)N(C)Cc2ccccc2)CC1)c1ccccc1. The quantitative estimate of drug-likeness (QED) is 0.220. The third-order valence-electron chi connectivity index (χ3n) is 8.48. The molecule has 0 bridgehead atoms. The molecule has 1 fully saturated rings. The number of carbonyl (C=O) groups excluding carboxylic acids is 2. The number of nitrogens with one attached hydrogen (secondary N) is 1. The minimum absolute atomic E-state index is 0.121. The molecule has 240 valence electrons. The molecule has 46 heavy (non-hydrogen) atoms. The van der Waals surface area contributed by atoms with Crippen molar-refractivity contribution in [2.75, 3.05) is 42.8 Å². The minimum Gasteiger partial charge on any atom is -0.369 e. The number of hydrogen-bond donors (Lipinski definition) is 1. The number of hydrogen-bond acceptors (Lipinski definition) is 5. The van der Waals surface area contributed by atoms with Gasteiger partial charge in [0, 0.05) is 51.1 Å². The normalized spacial score (nSPS) is 14.3. The van der Waals surface area contributed by atoms with E-state index in [1.54, 1.807) is 48.3 Å². The van der Waals surface area contributed by atoms with Gasteiger partial charge in [-0.1, -0.05) is 85.3 Å². The van der Waals surface area contributed by atoms with Gasteiger partial charge in [0.2, 0.25) is 5.91 Å². The molecule has 4 aromatic rings. The van der Waals surface area contributed by atoms with E-state index < -0.39 is 10.0 Å². The van der Waals surface area contributed by atoms with Crippen LogP contribution in [0.25, 0.3) is 0 Å². The first kappa shape index (κ1) is 32.8. The summed E-state index contributed by atoms with van der Waals surface area (Å²) in [4.78, 5) is 33.6. The number of nitrogens with zero attached hydrogens (tertiary/aromatic N) is 3. The van der Waals surface area contributed by atoms with Crippen molar-refractivity contribution >= 4 is 33.2 Å². The smallest absolute Gasteiger partial charge is 0.261 e. The predicted molar refractivity (Wildman–Crippen MR) is 184 cm³/mol. The lowest BCUT2D eigenvalue weighted by molar-refractivity contribution is -0.132. The first-order chi connectivity index (χ1) is 22.2. The predicted octanol–water partition coefficient (Wildman–Crippen LogP) is 6.30. The van der Waals surface area contributed by atoms with Gasteiger partial charge >= 0.3 is 0 Å². The lowest BCUT2D eigenvalue weighted by atomic mass is 9.95. The van der Waals surface area contributed by atoms with E-state index in [4.69, 9.17) is 0 Å². The van der Waals surface area contributed by atoms with Gasteiger partial charge in [-0.3, -0.25) is 14.3 Å². The summed E-state index contributed by atoms with van der Waals surface area (Å²) >= 11 is 0. The van der Waals surface area contributed by atoms with E-state index in [1.165, 1.54) is 0 Å². The fraction of sp³-hybridized carbons (Fsp3) is 0.297. The zero-order chi connectivity index (χ0) is 32.7. The van der Waals surface area contributed by atoms with E-state index >= 15 is 0 Å². The Kier molecular flexibility index (Phi) is 10.4. The van der Waals surface area contributed by atoms with Crippen LogP contribution in [0.5, 0.6) is 0 Å². The molecule has 0 aliphatic carbocycles. The van der Waals surface area contributed by atoms with Crippen LogP contribution in [0.3, 0.4) is 0 Å². The van der Waals surface area contributed by atoms with Gasteiger partial charge < -0.3 is 14.7 Å². The van der Waals surface area contributed by atoms with Crippen molar-refractivity contribution in [2.24, 2.45) is 0 Å². The molecule has 0 unspecified atom stereocenters. The third-order valence-corrected chi connectivity index (χ3v) is 9.87. The van der Waals surface area contributed by atoms with Crippen LogP contribution >= 0.6 is 0 Å². The molecule has 9 heteroatoms. The molecule has 5 rings (SSSR count). The lowest BCUT2D eigenvalue weighted by Gasteiger charge is -2.28. The molecule has 0 saturated carbocycles. The molecule has 0 radical (unpaired) electrons. The molecule has 1 saturated heterocycles. The van der Waals surface area contributed by atoms with Crippen LogP contribution in [0.4, 0.5) is 11.4 Å². The highest BCUT2D eigenvalue weighted by Crippen LogP contribution is 2.30. The molecular formula is C37H42N4O4S. The zero-order valence-corrected chi connectivity index (χ0v) is 27.5. The van der Waals surface area contributed by atoms with Crippen molar-refractivity contribution in [3.8, 4) is 0 Å². The highest BCUT2D eigenvalue weighted by molar-refractivity contribution is 7.92. The highest BCUT2D eigenvalue weighted by Gasteiger charge is 2.28. The second-order valence-corrected chi connectivity index (χ2v) is 13.5. The van der Waals surface area contributed by atoms with E-state index in [1.807, 2.05) is 85.5 Å². The fourth-order valence-electron chi connectivity index (χ4n) is 5.95. The molecule has 2 amide bonds. The van der Waals surface area contributed by atoms with Gasteiger partial charge in [0.15, 0.2) is 0 Å². The molecule has 0 aromatic heterocycles. The van der Waals surface area contributed by atoms with E-state index in [2.05, 4.69) is 9.62 Å². The minimum atomic E-state index is -3.87. The Morgan fingerprint density at radius 3 is 2.20 bits per heavy atom. The summed E-state index contributed by atoms with van der Waals surface area (Å²) in [5.74, 6) is -0.296. The van der Waals surface area contributed by atoms with E-state index in [0.717, 1.165) is 29.5 Å². The van der Waals surface area contributed by atoms with E-state index in [9.17, 15) is 18.0 Å². The summed E-state index contributed by atoms with van der Waals surface area (Å²) in [6, 6.07) is 31.4. The highest BCUT2D eigenvalue weighted by atomic mass is 32.2. The molecular weight excluding hydrogens is 596 g/mol. The van der Waals surface area contributed by atoms with Crippen LogP contribution in [-0.2, 0) is 21.4 Å². The van der Waals surface area contributed by atoms with Gasteiger partial charge in [0.05, 0.1) is 16.4 Å². The van der Waals surface area contributed by atoms with Crippen LogP contribution in [0.2, 0.25) is 0 Å². The number of rotatable bonds is 10. The monoisotopic (exact) mass is 638 g/mol. The maximum atomic E-state index is 14.0. The standard InChI is InChI=1S/C37H42N4O4S/c1-4-33(30-14-9-6-10-15-30)37(43)41-23-11-22-40(24-25-41)35-21-18-31(38-46(44,45)32-19-16-28(2)17-20-32)26-34(35)36(42)39(3)27-29-12-7-5-8-13-29/h5-10,12-21,26,33,38H,4,11,22-25,27H2,1-3H3/t33-/m1/s1. The van der Waals surface area contributed by atoms with Gasteiger partial charge in [-0.15, -0.1) is 0 Å². The number of benzene rings is 4. The number of aryl methyl sites for hydroxylation is 1. The van der Waals surface area contributed by atoms with Crippen LogP contribution in [0.1, 0.15) is 52.7 Å². The average Bonchev–Trinajstić information content (AvgIpc) is 3.32. The van der Waals surface area contributed by atoms with Gasteiger partial charge in [-0.2, -0.15) is 0 Å². The van der Waals surface area contributed by atoms with Crippen LogP contribution in [0, 0.1) is 6.92 Å². The van der Waals surface area contributed by atoms with Gasteiger partial charge in [-0.05, 0) is 61.2 Å². The maximum Gasteiger partial charge on any atom is 0.261 e. The average molecular weight is 639 g/mol. The van der Waals surface area contributed by atoms with Gasteiger partial charge in [0.25, 0.3) is 15.9 Å². The molecule has 8 nitrogen and oxygen atoms in total. The molecule has 1 heterocycles. The topological polar surface area (TPSA) is 90.0 Å². The van der Waals surface area contributed by atoms with Crippen molar-refractivity contribution in [3.05, 3.63) is 125 Å². The van der Waals surface area contributed by atoms with Crippen LogP contribution in [0.15, 0.2) is 108 Å². The Balaban J connectivity index is 1.41. The Bertz CT molecular complexity index is 1750. The molecule has 1 aliphatic rings. The molecule has 0 spiro atoms. The molecule has 1 aliphatic heterocycles. The maximum absolute atomic E-state index is 14.0. The second kappa shape index (κ2) is 14.6. The molecule has 1 atom stereocenters. The Morgan fingerprint density at radius 2 is 1.52 bits per heavy atom. The Hall–Kier alpha value is -4.63. The summed E-state index contributed by atoms with van der Waals surface area (Å²) in [7, 11) is -2.12. The number of carbonyl (C=O) groups is 2. The van der Waals surface area contributed by atoms with Crippen LogP contribution in [-0.4, -0.2) is 63.3 Å². The number of sulfonamides is 1. The van der Waals surface area contributed by atoms with Crippen LogP contribution < -0.4 is 9.62 Å². The zero-order valence-electron chi connectivity index (χ0n) is 26.7. The first-order valence-corrected chi connectivity index (χ1v) is 17.3. The Morgan fingerprint density at radius 1 is 0.848 bits per heavy atom. The summed E-state index contributed by atoms with van der Waals surface area (Å²) < 4.78 is 29.1. The van der Waals surface area contributed by atoms with Gasteiger partial charge in [-0.25, -0.2) is 8.42 Å². The Labute approximate surface area is 272 Å². The largest absolute Gasteiger partial charge is 0.369 e. The summed E-state index contributed by atoms with van der Waals surface area (Å²) in [5.41, 5.74) is 4.39. The van der Waals surface area contributed by atoms with Crippen molar-refractivity contribution in [1.29, 1.82) is 0 Å². The molecule has 1 N–H and O–H groups in total. The van der Waals surface area contributed by atoms with Crippen molar-refractivity contribution in [2.45, 2.75) is 44.0 Å². The lowest BCUT2D eigenvalue weighted by Crippen LogP contribution is -2.38. The van der Waals surface area contributed by atoms with Gasteiger partial charge in [0.1, 0.15) is 0 Å². The summed E-state index contributed by atoms with van der Waals surface area (Å²) in [5, 5.41) is 0. The molecule has 4 aromatic carbocycles. The first-order valence-electron chi connectivity index (χ1n) is 15.8. The summed E-state index contributed by atoms with van der Waals surface area (Å²) in [6.45, 7) is 6.70. The van der Waals surface area contributed by atoms with E-state index in [-0.39, 0.29) is 22.6 Å². The fourth-order valence-corrected chi connectivity index (χ4v) is 7.00. The third kappa shape index (κ3) is 7.77. The van der Waals surface area contributed by atoms with E-state index in [0.29, 0.717) is 49.7 Å². The number of anilines is 2. The second-order valence-electron chi connectivity index (χ2n) is 11.8. The van der Waals surface area contributed by atoms with Crippen molar-refractivity contribution in [1.82, 2.24) is 9.80 Å². The summed E-state index contributed by atoms with van der Waals surface area (Å²) in [6.07, 6.45) is 1.46. The van der Waals surface area contributed by atoms with Crippen molar-refractivity contribution < 1.29 is 18.0 Å².